The lowest BCUT2D eigenvalue weighted by Crippen LogP contribution is -2.10. The molecule has 1 aromatic rings. The number of carboxylic acid groups (broad SMARTS) is 1. The Morgan fingerprint density at radius 1 is 1.35 bits per heavy atom. The van der Waals surface area contributed by atoms with Crippen molar-refractivity contribution in [1.82, 2.24) is 0 Å². The molecule has 2 atom stereocenters. The summed E-state index contributed by atoms with van der Waals surface area (Å²) in [6.45, 7) is 3.27. The monoisotopic (exact) mass is 292 g/mol. The molecule has 0 aliphatic heterocycles. The Kier molecular flexibility index (Phi) is 3.19. The first-order valence-electron chi connectivity index (χ1n) is 5.81. The van der Waals surface area contributed by atoms with Crippen molar-refractivity contribution in [3.05, 3.63) is 29.6 Å². The number of benzene rings is 1. The van der Waals surface area contributed by atoms with Crippen molar-refractivity contribution < 1.29 is 32.2 Å². The van der Waals surface area contributed by atoms with Crippen LogP contribution in [0.25, 0.3) is 0 Å². The molecule has 1 aliphatic carbocycles. The second-order valence-corrected chi connectivity index (χ2v) is 5.32. The van der Waals surface area contributed by atoms with Gasteiger partial charge in [-0.2, -0.15) is 13.2 Å². The van der Waals surface area contributed by atoms with Crippen molar-refractivity contribution in [3.63, 3.8) is 0 Å². The quantitative estimate of drug-likeness (QED) is 0.869. The summed E-state index contributed by atoms with van der Waals surface area (Å²) >= 11 is 0. The topological polar surface area (TPSA) is 46.5 Å². The standard InChI is InChI=1S/C13H12F4O3/c1-12(2)9(11(18)19)10(12)20-8-4-3-6(5-7(8)14)13(15,16)17/h3-5,9-10H,1-2H3,(H,18,19). The molecule has 3 nitrogen and oxygen atoms in total. The van der Waals surface area contributed by atoms with Crippen molar-refractivity contribution in [2.24, 2.45) is 11.3 Å². The fraction of sp³-hybridized carbons (Fsp3) is 0.462. The molecule has 0 amide bonds. The molecule has 7 heteroatoms. The van der Waals surface area contributed by atoms with Gasteiger partial charge in [-0.15, -0.1) is 0 Å². The summed E-state index contributed by atoms with van der Waals surface area (Å²) in [5.41, 5.74) is -1.80. The third-order valence-corrected chi connectivity index (χ3v) is 3.51. The summed E-state index contributed by atoms with van der Waals surface area (Å²) in [5, 5.41) is 8.93. The number of halogens is 4. The van der Waals surface area contributed by atoms with Gasteiger partial charge in [-0.05, 0) is 18.2 Å². The Morgan fingerprint density at radius 2 is 1.95 bits per heavy atom. The summed E-state index contributed by atoms with van der Waals surface area (Å²) in [6, 6.07) is 1.90. The van der Waals surface area contributed by atoms with Crippen LogP contribution in [0.5, 0.6) is 5.75 Å². The van der Waals surface area contributed by atoms with E-state index in [1.54, 1.807) is 13.8 Å². The highest BCUT2D eigenvalue weighted by atomic mass is 19.4. The van der Waals surface area contributed by atoms with Crippen LogP contribution in [0.1, 0.15) is 19.4 Å². The van der Waals surface area contributed by atoms with Crippen LogP contribution in [0.15, 0.2) is 18.2 Å². The predicted octanol–water partition coefficient (Wildman–Crippen LogP) is 3.33. The third-order valence-electron chi connectivity index (χ3n) is 3.51. The lowest BCUT2D eigenvalue weighted by Gasteiger charge is -2.11. The summed E-state index contributed by atoms with van der Waals surface area (Å²) in [5.74, 6) is -3.41. The van der Waals surface area contributed by atoms with Gasteiger partial charge in [0.1, 0.15) is 12.0 Å². The van der Waals surface area contributed by atoms with Crippen molar-refractivity contribution in [1.29, 1.82) is 0 Å². The molecule has 0 aromatic heterocycles. The van der Waals surface area contributed by atoms with E-state index >= 15 is 0 Å². The van der Waals surface area contributed by atoms with Gasteiger partial charge < -0.3 is 9.84 Å². The third kappa shape index (κ3) is 2.44. The minimum atomic E-state index is -4.64. The first-order valence-corrected chi connectivity index (χ1v) is 5.81. The van der Waals surface area contributed by atoms with Crippen molar-refractivity contribution >= 4 is 5.97 Å². The highest BCUT2D eigenvalue weighted by Gasteiger charge is 2.65. The SMILES string of the molecule is CC1(C)C(Oc2ccc(C(F)(F)F)cc2F)C1C(=O)O. The van der Waals surface area contributed by atoms with E-state index in [-0.39, 0.29) is 5.75 Å². The molecule has 2 rings (SSSR count). The lowest BCUT2D eigenvalue weighted by molar-refractivity contribution is -0.140. The van der Waals surface area contributed by atoms with E-state index in [0.717, 1.165) is 6.07 Å². The predicted molar refractivity (Wildman–Crippen MR) is 60.7 cm³/mol. The van der Waals surface area contributed by atoms with Crippen LogP contribution < -0.4 is 4.74 Å². The van der Waals surface area contributed by atoms with Crippen LogP contribution in [0, 0.1) is 17.2 Å². The molecular weight excluding hydrogens is 280 g/mol. The Hall–Kier alpha value is -1.79. The van der Waals surface area contributed by atoms with Gasteiger partial charge in [0.2, 0.25) is 0 Å². The van der Waals surface area contributed by atoms with Gasteiger partial charge in [0, 0.05) is 5.41 Å². The molecule has 0 radical (unpaired) electrons. The first-order chi connectivity index (χ1) is 9.05. The first kappa shape index (κ1) is 14.6. The Bertz CT molecular complexity index is 551. The minimum Gasteiger partial charge on any atom is -0.486 e. The van der Waals surface area contributed by atoms with Crippen molar-refractivity contribution in [2.75, 3.05) is 0 Å². The van der Waals surface area contributed by atoms with Crippen LogP contribution in [-0.2, 0) is 11.0 Å². The number of ether oxygens (including phenoxy) is 1. The molecule has 1 N–H and O–H groups in total. The van der Waals surface area contributed by atoms with Crippen LogP contribution in [0.2, 0.25) is 0 Å². The van der Waals surface area contributed by atoms with E-state index in [9.17, 15) is 22.4 Å². The number of aliphatic carboxylic acids is 1. The summed E-state index contributed by atoms with van der Waals surface area (Å²) in [7, 11) is 0. The van der Waals surface area contributed by atoms with Crippen molar-refractivity contribution in [3.8, 4) is 5.75 Å². The van der Waals surface area contributed by atoms with Crippen molar-refractivity contribution in [2.45, 2.75) is 26.1 Å². The normalized spacial score (nSPS) is 24.3. The highest BCUT2D eigenvalue weighted by molar-refractivity contribution is 5.76. The molecule has 1 fully saturated rings. The number of rotatable bonds is 3. The molecule has 0 bridgehead atoms. The fourth-order valence-corrected chi connectivity index (χ4v) is 2.17. The zero-order valence-electron chi connectivity index (χ0n) is 10.7. The van der Waals surface area contributed by atoms with Gasteiger partial charge in [0.05, 0.1) is 5.56 Å². The van der Waals surface area contributed by atoms with E-state index in [0.29, 0.717) is 12.1 Å². The Labute approximate surface area is 112 Å². The fourth-order valence-electron chi connectivity index (χ4n) is 2.17. The molecule has 1 saturated carbocycles. The molecule has 0 spiro atoms. The zero-order valence-corrected chi connectivity index (χ0v) is 10.7. The Morgan fingerprint density at radius 3 is 2.35 bits per heavy atom. The number of hydrogen-bond acceptors (Lipinski definition) is 2. The average Bonchev–Trinajstić information content (AvgIpc) is 2.82. The van der Waals surface area contributed by atoms with Crippen LogP contribution in [0.4, 0.5) is 17.6 Å². The number of hydrogen-bond donors (Lipinski definition) is 1. The Balaban J connectivity index is 2.18. The maximum Gasteiger partial charge on any atom is 0.416 e. The summed E-state index contributed by atoms with van der Waals surface area (Å²) < 4.78 is 55.9. The van der Waals surface area contributed by atoms with E-state index in [1.807, 2.05) is 0 Å². The van der Waals surface area contributed by atoms with Gasteiger partial charge in [-0.3, -0.25) is 4.79 Å². The largest absolute Gasteiger partial charge is 0.486 e. The smallest absolute Gasteiger partial charge is 0.416 e. The second-order valence-electron chi connectivity index (χ2n) is 5.32. The molecule has 0 saturated heterocycles. The van der Waals surface area contributed by atoms with Gasteiger partial charge in [0.15, 0.2) is 11.6 Å². The maximum absolute atomic E-state index is 13.6. The van der Waals surface area contributed by atoms with Gasteiger partial charge in [0.25, 0.3) is 0 Å². The number of carbonyl (C=O) groups is 1. The van der Waals surface area contributed by atoms with Gasteiger partial charge in [-0.1, -0.05) is 13.8 Å². The molecular formula is C13H12F4O3. The second kappa shape index (κ2) is 4.36. The van der Waals surface area contributed by atoms with E-state index < -0.39 is 41.0 Å². The highest BCUT2D eigenvalue weighted by Crippen LogP contribution is 2.54. The molecule has 20 heavy (non-hydrogen) atoms. The molecule has 1 aromatic carbocycles. The summed E-state index contributed by atoms with van der Waals surface area (Å²) in [4.78, 5) is 10.9. The van der Waals surface area contributed by atoms with Crippen LogP contribution >= 0.6 is 0 Å². The average molecular weight is 292 g/mol. The zero-order chi connectivity index (χ0) is 15.3. The molecule has 0 heterocycles. The van der Waals surface area contributed by atoms with E-state index in [4.69, 9.17) is 9.84 Å². The molecule has 2 unspecified atom stereocenters. The van der Waals surface area contributed by atoms with Crippen LogP contribution in [-0.4, -0.2) is 17.2 Å². The minimum absolute atomic E-state index is 0.334. The van der Waals surface area contributed by atoms with E-state index in [2.05, 4.69) is 0 Å². The number of carboxylic acids is 1. The van der Waals surface area contributed by atoms with Gasteiger partial charge >= 0.3 is 12.1 Å². The maximum atomic E-state index is 13.6. The van der Waals surface area contributed by atoms with Gasteiger partial charge in [-0.25, -0.2) is 4.39 Å². The summed E-state index contributed by atoms with van der Waals surface area (Å²) in [6.07, 6.45) is -5.40. The van der Waals surface area contributed by atoms with Crippen LogP contribution in [0.3, 0.4) is 0 Å². The lowest BCUT2D eigenvalue weighted by atomic mass is 10.1. The molecule has 1 aliphatic rings. The molecule has 110 valence electrons. The van der Waals surface area contributed by atoms with E-state index in [1.165, 1.54) is 0 Å². The number of alkyl halides is 3.